The molecule has 3 N–H and O–H groups in total. The third-order valence-corrected chi connectivity index (χ3v) is 2.10. The van der Waals surface area contributed by atoms with Gasteiger partial charge >= 0.3 is 0 Å². The Morgan fingerprint density at radius 2 is 2.24 bits per heavy atom. The van der Waals surface area contributed by atoms with Crippen LogP contribution in [0.15, 0.2) is 18.3 Å². The molecule has 1 atom stereocenters. The van der Waals surface area contributed by atoms with Gasteiger partial charge in [-0.3, -0.25) is 0 Å². The summed E-state index contributed by atoms with van der Waals surface area (Å²) in [5.41, 5.74) is 0.936. The Bertz CT molecular complexity index is 331. The molecule has 0 aliphatic carbocycles. The number of nitrogens with zero attached hydrogens (tertiary/aromatic N) is 1. The summed E-state index contributed by atoms with van der Waals surface area (Å²) in [5.74, 6) is 0.605. The van der Waals surface area contributed by atoms with Crippen LogP contribution in [0, 0.1) is 0 Å². The third-order valence-electron chi connectivity index (χ3n) is 2.10. The fourth-order valence-corrected chi connectivity index (χ4v) is 1.33. The van der Waals surface area contributed by atoms with Crippen LogP contribution in [0.2, 0.25) is 0 Å². The van der Waals surface area contributed by atoms with Gasteiger partial charge in [-0.2, -0.15) is 0 Å². The van der Waals surface area contributed by atoms with E-state index in [9.17, 15) is 5.11 Å². The topological polar surface area (TPSA) is 74.6 Å². The maximum absolute atomic E-state index is 9.19. The van der Waals surface area contributed by atoms with E-state index in [4.69, 9.17) is 9.84 Å². The first-order valence-corrected chi connectivity index (χ1v) is 5.73. The lowest BCUT2D eigenvalue weighted by Crippen LogP contribution is -2.29. The van der Waals surface area contributed by atoms with Gasteiger partial charge in [-0.1, -0.05) is 6.07 Å². The molecule has 0 spiro atoms. The molecule has 0 bridgehead atoms. The van der Waals surface area contributed by atoms with E-state index in [0.29, 0.717) is 19.0 Å². The Morgan fingerprint density at radius 1 is 1.47 bits per heavy atom. The zero-order chi connectivity index (χ0) is 12.7. The highest BCUT2D eigenvalue weighted by Gasteiger charge is 2.07. The van der Waals surface area contributed by atoms with Crippen LogP contribution in [0.25, 0.3) is 0 Å². The van der Waals surface area contributed by atoms with E-state index < -0.39 is 6.10 Å². The molecule has 17 heavy (non-hydrogen) atoms. The minimum Gasteiger partial charge on any atom is -0.475 e. The fourth-order valence-electron chi connectivity index (χ4n) is 1.33. The molecule has 0 amide bonds. The summed E-state index contributed by atoms with van der Waals surface area (Å²) in [5, 5.41) is 20.9. The van der Waals surface area contributed by atoms with E-state index in [1.807, 2.05) is 26.0 Å². The first kappa shape index (κ1) is 13.9. The first-order chi connectivity index (χ1) is 8.13. The number of rotatable bonds is 7. The number of hydrogen-bond acceptors (Lipinski definition) is 5. The quantitative estimate of drug-likeness (QED) is 0.639. The van der Waals surface area contributed by atoms with Crippen LogP contribution in [0.1, 0.15) is 19.4 Å². The summed E-state index contributed by atoms with van der Waals surface area (Å²) < 4.78 is 5.57. The normalized spacial score (nSPS) is 12.8. The van der Waals surface area contributed by atoms with Crippen LogP contribution in [0.4, 0.5) is 0 Å². The van der Waals surface area contributed by atoms with E-state index in [2.05, 4.69) is 10.3 Å². The largest absolute Gasteiger partial charge is 0.475 e. The molecular formula is C12H20N2O3. The Kier molecular flexibility index (Phi) is 5.90. The lowest BCUT2D eigenvalue weighted by atomic mass is 10.2. The molecule has 1 aromatic heterocycles. The van der Waals surface area contributed by atoms with Crippen molar-refractivity contribution in [3.63, 3.8) is 0 Å². The molecule has 0 saturated heterocycles. The van der Waals surface area contributed by atoms with Crippen molar-refractivity contribution in [1.29, 1.82) is 0 Å². The van der Waals surface area contributed by atoms with Crippen molar-refractivity contribution < 1.29 is 14.9 Å². The van der Waals surface area contributed by atoms with Gasteiger partial charge in [0.25, 0.3) is 0 Å². The number of nitrogens with one attached hydrogen (secondary N) is 1. The molecule has 1 heterocycles. The second-order valence-corrected chi connectivity index (χ2v) is 4.10. The van der Waals surface area contributed by atoms with Crippen LogP contribution >= 0.6 is 0 Å². The number of aliphatic hydroxyl groups is 2. The van der Waals surface area contributed by atoms with Crippen LogP contribution in [0.5, 0.6) is 5.88 Å². The summed E-state index contributed by atoms with van der Waals surface area (Å²) in [7, 11) is 0. The van der Waals surface area contributed by atoms with Gasteiger partial charge in [0.15, 0.2) is 0 Å². The van der Waals surface area contributed by atoms with Gasteiger partial charge in [0.05, 0.1) is 18.8 Å². The average molecular weight is 240 g/mol. The monoisotopic (exact) mass is 240 g/mol. The van der Waals surface area contributed by atoms with Gasteiger partial charge < -0.3 is 20.3 Å². The van der Waals surface area contributed by atoms with E-state index >= 15 is 0 Å². The molecule has 1 rings (SSSR count). The molecule has 5 nitrogen and oxygen atoms in total. The van der Waals surface area contributed by atoms with Crippen molar-refractivity contribution in [3.05, 3.63) is 23.9 Å². The highest BCUT2D eigenvalue weighted by molar-refractivity contribution is 5.25. The van der Waals surface area contributed by atoms with Crippen molar-refractivity contribution in [2.45, 2.75) is 32.6 Å². The van der Waals surface area contributed by atoms with Gasteiger partial charge in [0, 0.05) is 24.8 Å². The molecule has 5 heteroatoms. The van der Waals surface area contributed by atoms with Crippen molar-refractivity contribution in [2.24, 2.45) is 0 Å². The Hall–Kier alpha value is -1.17. The Morgan fingerprint density at radius 3 is 2.88 bits per heavy atom. The summed E-state index contributed by atoms with van der Waals surface area (Å²) >= 11 is 0. The Balaban J connectivity index is 2.51. The molecular weight excluding hydrogens is 220 g/mol. The van der Waals surface area contributed by atoms with E-state index in [0.717, 1.165) is 5.56 Å². The minimum atomic E-state index is -0.735. The number of aromatic nitrogens is 1. The third kappa shape index (κ3) is 5.12. The van der Waals surface area contributed by atoms with Gasteiger partial charge in [0.1, 0.15) is 0 Å². The minimum absolute atomic E-state index is 0.0756. The van der Waals surface area contributed by atoms with Gasteiger partial charge in [-0.25, -0.2) is 4.98 Å². The zero-order valence-corrected chi connectivity index (χ0v) is 10.3. The molecule has 0 radical (unpaired) electrons. The number of hydrogen-bond donors (Lipinski definition) is 3. The van der Waals surface area contributed by atoms with Crippen molar-refractivity contribution in [3.8, 4) is 5.88 Å². The highest BCUT2D eigenvalue weighted by atomic mass is 16.5. The summed E-state index contributed by atoms with van der Waals surface area (Å²) in [6.07, 6.45) is 1.02. The molecule has 0 aliphatic rings. The zero-order valence-electron chi connectivity index (χ0n) is 10.3. The maximum Gasteiger partial charge on any atom is 0.218 e. The molecule has 0 fully saturated rings. The molecule has 1 aromatic rings. The lowest BCUT2D eigenvalue weighted by Gasteiger charge is -2.14. The second-order valence-electron chi connectivity index (χ2n) is 4.10. The van der Waals surface area contributed by atoms with E-state index in [-0.39, 0.29) is 12.7 Å². The number of ether oxygens (including phenoxy) is 1. The highest BCUT2D eigenvalue weighted by Crippen LogP contribution is 2.15. The SMILES string of the molecule is CC(C)Oc1ncccc1CNC[C@H](O)CO. The van der Waals surface area contributed by atoms with E-state index in [1.54, 1.807) is 6.20 Å². The summed E-state index contributed by atoms with van der Waals surface area (Å²) in [6, 6.07) is 3.76. The second kappa shape index (κ2) is 7.21. The maximum atomic E-state index is 9.19. The van der Waals surface area contributed by atoms with Crippen molar-refractivity contribution >= 4 is 0 Å². The molecule has 0 unspecified atom stereocenters. The lowest BCUT2D eigenvalue weighted by molar-refractivity contribution is 0.0941. The summed E-state index contributed by atoms with van der Waals surface area (Å²) in [6.45, 7) is 4.54. The molecule has 0 saturated carbocycles. The smallest absolute Gasteiger partial charge is 0.218 e. The molecule has 0 aliphatic heterocycles. The van der Waals surface area contributed by atoms with Crippen molar-refractivity contribution in [2.75, 3.05) is 13.2 Å². The average Bonchev–Trinajstić information content (AvgIpc) is 2.30. The predicted octanol–water partition coefficient (Wildman–Crippen LogP) is 0.312. The molecule has 0 aromatic carbocycles. The number of pyridine rings is 1. The standard InChI is InChI=1S/C12H20N2O3/c1-9(2)17-12-10(4-3-5-14-12)6-13-7-11(16)8-15/h3-5,9,11,13,15-16H,6-8H2,1-2H3/t11-/m0/s1. The van der Waals surface area contributed by atoms with Gasteiger partial charge in [-0.05, 0) is 19.9 Å². The predicted molar refractivity (Wildman–Crippen MR) is 64.8 cm³/mol. The van der Waals surface area contributed by atoms with Crippen molar-refractivity contribution in [1.82, 2.24) is 10.3 Å². The Labute approximate surface area is 101 Å². The van der Waals surface area contributed by atoms with Crippen LogP contribution in [-0.4, -0.2) is 40.6 Å². The van der Waals surface area contributed by atoms with Crippen LogP contribution < -0.4 is 10.1 Å². The molecule has 96 valence electrons. The fraction of sp³-hybridized carbons (Fsp3) is 0.583. The van der Waals surface area contributed by atoms with Crippen LogP contribution in [0.3, 0.4) is 0 Å². The van der Waals surface area contributed by atoms with Crippen LogP contribution in [-0.2, 0) is 6.54 Å². The van der Waals surface area contributed by atoms with E-state index in [1.165, 1.54) is 0 Å². The summed E-state index contributed by atoms with van der Waals surface area (Å²) in [4.78, 5) is 4.16. The number of aliphatic hydroxyl groups excluding tert-OH is 2. The van der Waals surface area contributed by atoms with Gasteiger partial charge in [0.2, 0.25) is 5.88 Å². The first-order valence-electron chi connectivity index (χ1n) is 5.73. The van der Waals surface area contributed by atoms with Gasteiger partial charge in [-0.15, -0.1) is 0 Å².